The number of fused-ring (bicyclic) bond motifs is 1. The van der Waals surface area contributed by atoms with Crippen LogP contribution in [-0.4, -0.2) is 28.4 Å². The second kappa shape index (κ2) is 3.39. The van der Waals surface area contributed by atoms with Crippen molar-refractivity contribution in [2.75, 3.05) is 11.9 Å². The van der Waals surface area contributed by atoms with Crippen LogP contribution in [0.15, 0.2) is 6.20 Å². The molecule has 1 aromatic heterocycles. The summed E-state index contributed by atoms with van der Waals surface area (Å²) in [6.07, 6.45) is -3.44. The van der Waals surface area contributed by atoms with Crippen molar-refractivity contribution >= 4 is 11.7 Å². The maximum absolute atomic E-state index is 12.6. The number of alkyl halides is 3. The maximum Gasteiger partial charge on any atom is 0.410 e. The molecule has 0 radical (unpaired) electrons. The van der Waals surface area contributed by atoms with Gasteiger partial charge in [-0.25, -0.2) is 4.68 Å². The molecule has 0 fully saturated rings. The minimum atomic E-state index is -4.38. The lowest BCUT2D eigenvalue weighted by molar-refractivity contribution is -0.171. The van der Waals surface area contributed by atoms with Crippen LogP contribution in [-0.2, 0) is 0 Å². The molecule has 1 aromatic rings. The van der Waals surface area contributed by atoms with Crippen molar-refractivity contribution in [2.45, 2.75) is 18.6 Å². The van der Waals surface area contributed by atoms with E-state index < -0.39 is 18.1 Å². The van der Waals surface area contributed by atoms with Crippen molar-refractivity contribution in [3.05, 3.63) is 11.8 Å². The van der Waals surface area contributed by atoms with Gasteiger partial charge in [-0.2, -0.15) is 18.3 Å². The average molecular weight is 234 g/mol. The van der Waals surface area contributed by atoms with Crippen molar-refractivity contribution in [1.82, 2.24) is 9.78 Å². The smallest absolute Gasteiger partial charge is 0.370 e. The summed E-state index contributed by atoms with van der Waals surface area (Å²) < 4.78 is 38.6. The SMILES string of the molecule is NC(=O)c1cnn2c1NCCC2C(F)(F)F. The predicted molar refractivity (Wildman–Crippen MR) is 48.9 cm³/mol. The number of nitrogens with two attached hydrogens (primary N) is 1. The molecule has 0 aromatic carbocycles. The average Bonchev–Trinajstić information content (AvgIpc) is 2.58. The zero-order valence-electron chi connectivity index (χ0n) is 8.08. The fourth-order valence-electron chi connectivity index (χ4n) is 1.71. The molecule has 1 aliphatic heterocycles. The highest BCUT2D eigenvalue weighted by molar-refractivity contribution is 5.97. The van der Waals surface area contributed by atoms with E-state index in [-0.39, 0.29) is 24.3 Å². The van der Waals surface area contributed by atoms with Crippen LogP contribution in [0.4, 0.5) is 19.0 Å². The standard InChI is InChI=1S/C8H9F3N4O/c9-8(10,11)5-1-2-13-7-4(6(12)16)3-14-15(5)7/h3,5,13H,1-2H2,(H2,12,16). The Hall–Kier alpha value is -1.73. The predicted octanol–water partition coefficient (Wildman–Crippen LogP) is 0.901. The lowest BCUT2D eigenvalue weighted by Gasteiger charge is -2.27. The van der Waals surface area contributed by atoms with E-state index in [9.17, 15) is 18.0 Å². The second-order valence-corrected chi connectivity index (χ2v) is 3.49. The van der Waals surface area contributed by atoms with Crippen molar-refractivity contribution in [2.24, 2.45) is 5.73 Å². The highest BCUT2D eigenvalue weighted by Gasteiger charge is 2.44. The van der Waals surface area contributed by atoms with Gasteiger partial charge in [0, 0.05) is 6.54 Å². The Balaban J connectivity index is 2.45. The number of amides is 1. The van der Waals surface area contributed by atoms with Gasteiger partial charge in [-0.15, -0.1) is 0 Å². The number of rotatable bonds is 1. The third kappa shape index (κ3) is 1.59. The molecule has 1 unspecified atom stereocenters. The Bertz CT molecular complexity index is 425. The van der Waals surface area contributed by atoms with Crippen LogP contribution in [0.3, 0.4) is 0 Å². The zero-order chi connectivity index (χ0) is 11.9. The van der Waals surface area contributed by atoms with E-state index in [1.807, 2.05) is 0 Å². The molecule has 0 aliphatic carbocycles. The van der Waals surface area contributed by atoms with Crippen LogP contribution < -0.4 is 11.1 Å². The van der Waals surface area contributed by atoms with Gasteiger partial charge in [-0.05, 0) is 6.42 Å². The summed E-state index contributed by atoms with van der Waals surface area (Å²) in [7, 11) is 0. The number of carbonyl (C=O) groups excluding carboxylic acids is 1. The molecule has 0 saturated carbocycles. The summed E-state index contributed by atoms with van der Waals surface area (Å²) in [5.74, 6) is -0.752. The molecule has 3 N–H and O–H groups in total. The lowest BCUT2D eigenvalue weighted by Crippen LogP contribution is -2.34. The number of nitrogens with zero attached hydrogens (tertiary/aromatic N) is 2. The normalized spacial score (nSPS) is 20.1. The van der Waals surface area contributed by atoms with Crippen LogP contribution in [0, 0.1) is 0 Å². The summed E-state index contributed by atoms with van der Waals surface area (Å²) in [6.45, 7) is 0.135. The van der Waals surface area contributed by atoms with Gasteiger partial charge in [-0.1, -0.05) is 0 Å². The van der Waals surface area contributed by atoms with Crippen LogP contribution in [0.25, 0.3) is 0 Å². The van der Waals surface area contributed by atoms with E-state index in [0.29, 0.717) is 0 Å². The maximum atomic E-state index is 12.6. The molecule has 1 amide bonds. The first-order chi connectivity index (χ1) is 7.41. The summed E-state index contributed by atoms with van der Waals surface area (Å²) in [4.78, 5) is 10.9. The summed E-state index contributed by atoms with van der Waals surface area (Å²) >= 11 is 0. The first kappa shape index (κ1) is 10.8. The van der Waals surface area contributed by atoms with E-state index in [2.05, 4.69) is 10.4 Å². The van der Waals surface area contributed by atoms with Crippen molar-refractivity contribution < 1.29 is 18.0 Å². The van der Waals surface area contributed by atoms with Crippen LogP contribution >= 0.6 is 0 Å². The van der Waals surface area contributed by atoms with Gasteiger partial charge in [0.25, 0.3) is 5.91 Å². The van der Waals surface area contributed by atoms with Crippen LogP contribution in [0.1, 0.15) is 22.8 Å². The van der Waals surface area contributed by atoms with E-state index in [0.717, 1.165) is 10.9 Å². The largest absolute Gasteiger partial charge is 0.410 e. The molecular formula is C8H9F3N4O. The highest BCUT2D eigenvalue weighted by atomic mass is 19.4. The first-order valence-electron chi connectivity index (χ1n) is 4.59. The van der Waals surface area contributed by atoms with Gasteiger partial charge in [0.05, 0.1) is 6.20 Å². The number of anilines is 1. The molecule has 16 heavy (non-hydrogen) atoms. The van der Waals surface area contributed by atoms with Gasteiger partial charge < -0.3 is 11.1 Å². The Labute approximate surface area is 88.4 Å². The third-order valence-electron chi connectivity index (χ3n) is 2.44. The molecule has 2 rings (SSSR count). The Morgan fingerprint density at radius 2 is 2.31 bits per heavy atom. The Morgan fingerprint density at radius 1 is 1.62 bits per heavy atom. The van der Waals surface area contributed by atoms with Crippen molar-refractivity contribution in [1.29, 1.82) is 0 Å². The van der Waals surface area contributed by atoms with E-state index in [4.69, 9.17) is 5.73 Å². The highest BCUT2D eigenvalue weighted by Crippen LogP contribution is 2.37. The molecule has 5 nitrogen and oxygen atoms in total. The molecule has 0 bridgehead atoms. The van der Waals surface area contributed by atoms with Crippen LogP contribution in [0.2, 0.25) is 0 Å². The van der Waals surface area contributed by atoms with Gasteiger partial charge in [0.15, 0.2) is 6.04 Å². The fourth-order valence-corrected chi connectivity index (χ4v) is 1.71. The lowest BCUT2D eigenvalue weighted by atomic mass is 10.1. The molecule has 0 saturated heterocycles. The van der Waals surface area contributed by atoms with Crippen molar-refractivity contribution in [3.63, 3.8) is 0 Å². The minimum Gasteiger partial charge on any atom is -0.370 e. The number of halogens is 3. The first-order valence-corrected chi connectivity index (χ1v) is 4.59. The number of hydrogen-bond acceptors (Lipinski definition) is 3. The number of carbonyl (C=O) groups is 1. The van der Waals surface area contributed by atoms with Gasteiger partial charge in [-0.3, -0.25) is 4.79 Å². The molecule has 0 spiro atoms. The van der Waals surface area contributed by atoms with Crippen LogP contribution in [0.5, 0.6) is 0 Å². The fraction of sp³-hybridized carbons (Fsp3) is 0.500. The summed E-state index contributed by atoms with van der Waals surface area (Å²) in [6, 6.07) is -1.70. The van der Waals surface area contributed by atoms with Gasteiger partial charge in [0.2, 0.25) is 0 Å². The van der Waals surface area contributed by atoms with Crippen molar-refractivity contribution in [3.8, 4) is 0 Å². The zero-order valence-corrected chi connectivity index (χ0v) is 8.08. The number of nitrogens with one attached hydrogen (secondary N) is 1. The van der Waals surface area contributed by atoms with Gasteiger partial charge >= 0.3 is 6.18 Å². The minimum absolute atomic E-state index is 0.0195. The Morgan fingerprint density at radius 3 is 2.88 bits per heavy atom. The quantitative estimate of drug-likeness (QED) is 0.758. The topological polar surface area (TPSA) is 72.9 Å². The number of hydrogen-bond donors (Lipinski definition) is 2. The van der Waals surface area contributed by atoms with Gasteiger partial charge in [0.1, 0.15) is 11.4 Å². The van der Waals surface area contributed by atoms with E-state index >= 15 is 0 Å². The Kier molecular flexibility index (Phi) is 2.28. The molecule has 8 heteroatoms. The van der Waals surface area contributed by atoms with E-state index in [1.165, 1.54) is 0 Å². The molecule has 1 atom stereocenters. The third-order valence-corrected chi connectivity index (χ3v) is 2.44. The number of aromatic nitrogens is 2. The molecule has 2 heterocycles. The summed E-state index contributed by atoms with van der Waals surface area (Å²) in [5.41, 5.74) is 5.00. The molecule has 88 valence electrons. The summed E-state index contributed by atoms with van der Waals surface area (Å²) in [5, 5.41) is 6.25. The molecule has 1 aliphatic rings. The second-order valence-electron chi connectivity index (χ2n) is 3.49. The van der Waals surface area contributed by atoms with E-state index in [1.54, 1.807) is 0 Å². The number of primary amides is 1. The monoisotopic (exact) mass is 234 g/mol. The molecular weight excluding hydrogens is 225 g/mol.